The van der Waals surface area contributed by atoms with E-state index in [0.29, 0.717) is 5.00 Å². The van der Waals surface area contributed by atoms with Gasteiger partial charge in [-0.1, -0.05) is 6.07 Å². The van der Waals surface area contributed by atoms with Crippen LogP contribution in [0.2, 0.25) is 0 Å². The number of thiazole rings is 1. The number of carboxylic acid groups (broad SMARTS) is 1. The number of anilines is 1. The SMILES string of the molecule is CC(Nc1scnc1C(=O)O)c1ccccn1. The van der Waals surface area contributed by atoms with Crippen molar-refractivity contribution in [3.05, 3.63) is 41.3 Å². The molecule has 2 N–H and O–H groups in total. The fraction of sp³-hybridized carbons (Fsp3) is 0.182. The van der Waals surface area contributed by atoms with Crippen molar-refractivity contribution in [3.8, 4) is 0 Å². The van der Waals surface area contributed by atoms with Crippen LogP contribution in [0.15, 0.2) is 29.9 Å². The van der Waals surface area contributed by atoms with Crippen molar-refractivity contribution in [2.24, 2.45) is 0 Å². The molecule has 1 unspecified atom stereocenters. The Balaban J connectivity index is 2.16. The molecule has 17 heavy (non-hydrogen) atoms. The van der Waals surface area contributed by atoms with Crippen molar-refractivity contribution in [1.82, 2.24) is 9.97 Å². The molecule has 2 aromatic heterocycles. The van der Waals surface area contributed by atoms with Gasteiger partial charge >= 0.3 is 5.97 Å². The van der Waals surface area contributed by atoms with Gasteiger partial charge in [0.2, 0.25) is 0 Å². The highest BCUT2D eigenvalue weighted by Gasteiger charge is 2.16. The Bertz CT molecular complexity index is 512. The van der Waals surface area contributed by atoms with Crippen molar-refractivity contribution in [2.75, 3.05) is 5.32 Å². The van der Waals surface area contributed by atoms with E-state index < -0.39 is 5.97 Å². The van der Waals surface area contributed by atoms with E-state index in [1.807, 2.05) is 25.1 Å². The van der Waals surface area contributed by atoms with Gasteiger partial charge in [0.05, 0.1) is 17.2 Å². The van der Waals surface area contributed by atoms with Crippen molar-refractivity contribution < 1.29 is 9.90 Å². The van der Waals surface area contributed by atoms with E-state index in [4.69, 9.17) is 5.11 Å². The summed E-state index contributed by atoms with van der Waals surface area (Å²) in [4.78, 5) is 18.9. The van der Waals surface area contributed by atoms with Gasteiger partial charge in [-0.25, -0.2) is 9.78 Å². The Labute approximate surface area is 102 Å². The standard InChI is InChI=1S/C11H11N3O2S/c1-7(8-4-2-3-5-12-8)14-10-9(11(15)16)13-6-17-10/h2-7,14H,1H3,(H,15,16). The van der Waals surface area contributed by atoms with E-state index in [1.165, 1.54) is 16.8 Å². The minimum Gasteiger partial charge on any atom is -0.476 e. The molecule has 0 aromatic carbocycles. The van der Waals surface area contributed by atoms with Crippen LogP contribution >= 0.6 is 11.3 Å². The van der Waals surface area contributed by atoms with E-state index in [0.717, 1.165) is 5.69 Å². The summed E-state index contributed by atoms with van der Waals surface area (Å²) in [5, 5.41) is 12.6. The molecule has 0 fully saturated rings. The summed E-state index contributed by atoms with van der Waals surface area (Å²) in [6.45, 7) is 1.92. The zero-order chi connectivity index (χ0) is 12.3. The number of aromatic nitrogens is 2. The lowest BCUT2D eigenvalue weighted by molar-refractivity contribution is 0.0692. The maximum absolute atomic E-state index is 10.9. The Morgan fingerprint density at radius 2 is 2.29 bits per heavy atom. The van der Waals surface area contributed by atoms with E-state index in [-0.39, 0.29) is 11.7 Å². The van der Waals surface area contributed by atoms with Crippen LogP contribution in [0.4, 0.5) is 5.00 Å². The summed E-state index contributed by atoms with van der Waals surface area (Å²) in [5.41, 5.74) is 2.42. The molecule has 0 saturated heterocycles. The summed E-state index contributed by atoms with van der Waals surface area (Å²) >= 11 is 1.27. The molecule has 0 amide bonds. The lowest BCUT2D eigenvalue weighted by Gasteiger charge is -2.13. The molecular formula is C11H11N3O2S. The number of aromatic carboxylic acids is 1. The van der Waals surface area contributed by atoms with Crippen LogP contribution in [0, 0.1) is 0 Å². The lowest BCUT2D eigenvalue weighted by Crippen LogP contribution is -2.10. The van der Waals surface area contributed by atoms with Gasteiger partial charge in [0.1, 0.15) is 5.00 Å². The number of carbonyl (C=O) groups is 1. The minimum atomic E-state index is -1.03. The number of pyridine rings is 1. The van der Waals surface area contributed by atoms with Crippen LogP contribution in [-0.4, -0.2) is 21.0 Å². The molecule has 0 aliphatic heterocycles. The second kappa shape index (κ2) is 4.92. The monoisotopic (exact) mass is 249 g/mol. The van der Waals surface area contributed by atoms with Gasteiger partial charge in [-0.15, -0.1) is 11.3 Å². The largest absolute Gasteiger partial charge is 0.476 e. The highest BCUT2D eigenvalue weighted by molar-refractivity contribution is 7.14. The third-order valence-corrected chi connectivity index (χ3v) is 3.01. The summed E-state index contributed by atoms with van der Waals surface area (Å²) in [6.07, 6.45) is 1.71. The van der Waals surface area contributed by atoms with Crippen LogP contribution in [0.1, 0.15) is 29.1 Å². The smallest absolute Gasteiger partial charge is 0.357 e. The van der Waals surface area contributed by atoms with Crippen LogP contribution in [-0.2, 0) is 0 Å². The predicted octanol–water partition coefficient (Wildman–Crippen LogP) is 2.41. The molecule has 0 spiro atoms. The van der Waals surface area contributed by atoms with Gasteiger partial charge in [0.15, 0.2) is 5.69 Å². The molecule has 2 rings (SSSR count). The van der Waals surface area contributed by atoms with E-state index in [2.05, 4.69) is 15.3 Å². The van der Waals surface area contributed by atoms with Crippen LogP contribution in [0.3, 0.4) is 0 Å². The van der Waals surface area contributed by atoms with E-state index >= 15 is 0 Å². The number of hydrogen-bond acceptors (Lipinski definition) is 5. The number of nitrogens with one attached hydrogen (secondary N) is 1. The summed E-state index contributed by atoms with van der Waals surface area (Å²) < 4.78 is 0. The van der Waals surface area contributed by atoms with Crippen LogP contribution in [0.5, 0.6) is 0 Å². The third kappa shape index (κ3) is 2.59. The summed E-state index contributed by atoms with van der Waals surface area (Å²) in [5.74, 6) is -1.03. The minimum absolute atomic E-state index is 0.0535. The van der Waals surface area contributed by atoms with Gasteiger partial charge in [-0.05, 0) is 19.1 Å². The molecule has 0 bridgehead atoms. The molecule has 1 atom stereocenters. The molecule has 0 radical (unpaired) electrons. The Hall–Kier alpha value is -1.95. The number of hydrogen-bond donors (Lipinski definition) is 2. The van der Waals surface area contributed by atoms with Crippen LogP contribution in [0.25, 0.3) is 0 Å². The molecule has 6 heteroatoms. The molecule has 2 aromatic rings. The summed E-state index contributed by atoms with van der Waals surface area (Å²) in [6, 6.07) is 5.56. The molecule has 0 aliphatic rings. The first kappa shape index (κ1) is 11.5. The van der Waals surface area contributed by atoms with Gasteiger partial charge in [0, 0.05) is 6.20 Å². The zero-order valence-corrected chi connectivity index (χ0v) is 9.94. The zero-order valence-electron chi connectivity index (χ0n) is 9.12. The average molecular weight is 249 g/mol. The van der Waals surface area contributed by atoms with Crippen molar-refractivity contribution >= 4 is 22.3 Å². The van der Waals surface area contributed by atoms with Gasteiger partial charge in [-0.2, -0.15) is 0 Å². The van der Waals surface area contributed by atoms with Gasteiger partial charge < -0.3 is 10.4 Å². The normalized spacial score (nSPS) is 12.1. The highest BCUT2D eigenvalue weighted by Crippen LogP contribution is 2.24. The first-order valence-electron chi connectivity index (χ1n) is 5.02. The Morgan fingerprint density at radius 1 is 1.47 bits per heavy atom. The molecule has 88 valence electrons. The Kier molecular flexibility index (Phi) is 3.34. The van der Waals surface area contributed by atoms with E-state index in [9.17, 15) is 4.79 Å². The first-order valence-corrected chi connectivity index (χ1v) is 5.90. The lowest BCUT2D eigenvalue weighted by atomic mass is 10.2. The molecule has 2 heterocycles. The quantitative estimate of drug-likeness (QED) is 0.870. The average Bonchev–Trinajstić information content (AvgIpc) is 2.78. The van der Waals surface area contributed by atoms with Crippen LogP contribution < -0.4 is 5.32 Å². The number of carboxylic acids is 1. The highest BCUT2D eigenvalue weighted by atomic mass is 32.1. The molecule has 0 aliphatic carbocycles. The van der Waals surface area contributed by atoms with E-state index in [1.54, 1.807) is 6.20 Å². The fourth-order valence-electron chi connectivity index (χ4n) is 1.40. The number of nitrogens with zero attached hydrogens (tertiary/aromatic N) is 2. The van der Waals surface area contributed by atoms with Crippen molar-refractivity contribution in [1.29, 1.82) is 0 Å². The van der Waals surface area contributed by atoms with Gasteiger partial charge in [0.25, 0.3) is 0 Å². The second-order valence-electron chi connectivity index (χ2n) is 3.46. The maximum Gasteiger partial charge on any atom is 0.357 e. The third-order valence-electron chi connectivity index (χ3n) is 2.25. The fourth-order valence-corrected chi connectivity index (χ4v) is 2.16. The number of rotatable bonds is 4. The topological polar surface area (TPSA) is 75.1 Å². The second-order valence-corrected chi connectivity index (χ2v) is 4.31. The predicted molar refractivity (Wildman–Crippen MR) is 65.3 cm³/mol. The molecule has 0 saturated carbocycles. The summed E-state index contributed by atoms with van der Waals surface area (Å²) in [7, 11) is 0. The molecular weight excluding hydrogens is 238 g/mol. The Morgan fingerprint density at radius 3 is 2.94 bits per heavy atom. The van der Waals surface area contributed by atoms with Gasteiger partial charge in [-0.3, -0.25) is 4.98 Å². The first-order chi connectivity index (χ1) is 8.18. The maximum atomic E-state index is 10.9. The van der Waals surface area contributed by atoms with Crippen molar-refractivity contribution in [3.63, 3.8) is 0 Å². The van der Waals surface area contributed by atoms with Crippen molar-refractivity contribution in [2.45, 2.75) is 13.0 Å². The molecule has 5 nitrogen and oxygen atoms in total.